The monoisotopic (exact) mass is 965 g/mol. The number of likely N-dealkylation sites (tertiary alicyclic amines) is 1. The van der Waals surface area contributed by atoms with Crippen molar-refractivity contribution in [3.8, 4) is 11.1 Å². The molecule has 0 radical (unpaired) electrons. The van der Waals surface area contributed by atoms with Gasteiger partial charge in [0, 0.05) is 107 Å². The number of carboxylic acid groups (broad SMARTS) is 1. The van der Waals surface area contributed by atoms with Gasteiger partial charge in [0.15, 0.2) is 5.82 Å². The lowest BCUT2D eigenvalue weighted by Crippen LogP contribution is -2.65. The maximum atomic E-state index is 16.0. The van der Waals surface area contributed by atoms with Crippen molar-refractivity contribution in [3.63, 3.8) is 0 Å². The van der Waals surface area contributed by atoms with E-state index in [1.165, 1.54) is 23.0 Å². The molecule has 4 saturated heterocycles. The highest BCUT2D eigenvalue weighted by Gasteiger charge is 2.48. The van der Waals surface area contributed by atoms with E-state index >= 15 is 8.78 Å². The van der Waals surface area contributed by atoms with Gasteiger partial charge in [-0.1, -0.05) is 32.9 Å². The number of piperazine rings is 1. The van der Waals surface area contributed by atoms with E-state index in [0.29, 0.717) is 53.1 Å². The number of aromatic nitrogens is 2. The lowest BCUT2D eigenvalue weighted by atomic mass is 9.85. The number of thiol groups is 1. The summed E-state index contributed by atoms with van der Waals surface area (Å²) in [6, 6.07) is 9.25. The third-order valence-electron chi connectivity index (χ3n) is 13.6. The zero-order valence-corrected chi connectivity index (χ0v) is 39.4. The molecule has 2 amide bonds. The van der Waals surface area contributed by atoms with Crippen molar-refractivity contribution in [2.24, 2.45) is 11.3 Å². The molecule has 4 aromatic rings. The van der Waals surface area contributed by atoms with E-state index in [9.17, 15) is 42.2 Å². The Balaban J connectivity index is 0.881. The molecule has 0 aliphatic carbocycles. The van der Waals surface area contributed by atoms with Gasteiger partial charge in [-0.2, -0.15) is 4.41 Å². The number of amides is 2. The molecule has 21 heteroatoms. The zero-order valence-electron chi connectivity index (χ0n) is 38.5. The number of hydrogen-bond acceptors (Lipinski definition) is 12. The van der Waals surface area contributed by atoms with Gasteiger partial charge in [0.1, 0.15) is 35.4 Å². The fourth-order valence-electron chi connectivity index (χ4n) is 10.2. The van der Waals surface area contributed by atoms with Crippen LogP contribution in [0, 0.1) is 23.0 Å². The van der Waals surface area contributed by atoms with Crippen molar-refractivity contribution in [1.29, 1.82) is 0 Å². The van der Waals surface area contributed by atoms with Crippen molar-refractivity contribution in [2.45, 2.75) is 77.7 Å². The molecule has 4 aliphatic rings. The van der Waals surface area contributed by atoms with Crippen LogP contribution in [0.15, 0.2) is 54.9 Å². The Morgan fingerprint density at radius 2 is 1.60 bits per heavy atom. The molecule has 4 aliphatic heterocycles. The number of anilines is 2. The normalized spacial score (nSPS) is 21.8. The van der Waals surface area contributed by atoms with Gasteiger partial charge in [-0.3, -0.25) is 19.4 Å². The number of fused-ring (bicyclic) bond motifs is 1. The van der Waals surface area contributed by atoms with Crippen molar-refractivity contribution >= 4 is 56.9 Å². The van der Waals surface area contributed by atoms with Gasteiger partial charge in [0.05, 0.1) is 18.2 Å². The van der Waals surface area contributed by atoms with Crippen LogP contribution in [0.5, 0.6) is 0 Å². The highest BCUT2D eigenvalue weighted by Crippen LogP contribution is 2.35. The molecular formula is C47H58F3N9O8S. The third-order valence-corrected chi connectivity index (χ3v) is 14.4. The molecule has 2 aromatic carbocycles. The number of aromatic amines is 1. The molecule has 4 fully saturated rings. The van der Waals surface area contributed by atoms with Gasteiger partial charge in [-0.05, 0) is 66.5 Å². The Hall–Kier alpha value is -5.61. The molecule has 4 atom stereocenters. The number of nitrogens with one attached hydrogen (secondary N) is 1. The Morgan fingerprint density at radius 3 is 2.21 bits per heavy atom. The molecule has 366 valence electrons. The van der Waals surface area contributed by atoms with Crippen LogP contribution in [0.1, 0.15) is 69.3 Å². The van der Waals surface area contributed by atoms with Gasteiger partial charge in [-0.25, -0.2) is 41.4 Å². The quantitative estimate of drug-likeness (QED) is 0.111. The van der Waals surface area contributed by atoms with Crippen LogP contribution < -0.4 is 9.31 Å². The van der Waals surface area contributed by atoms with Crippen LogP contribution in [0.25, 0.3) is 22.2 Å². The number of aliphatic hydroxyl groups is 1. The number of hydrogen-bond donors (Lipinski definition) is 4. The van der Waals surface area contributed by atoms with Crippen LogP contribution in [-0.2, 0) is 25.3 Å². The summed E-state index contributed by atoms with van der Waals surface area (Å²) in [4.78, 5) is 66.4. The molecule has 6 heterocycles. The molecule has 0 saturated carbocycles. The summed E-state index contributed by atoms with van der Waals surface area (Å²) in [6.07, 6.45) is 2.57. The number of aliphatic hydroxyl groups excluding tert-OH is 1. The van der Waals surface area contributed by atoms with Crippen LogP contribution in [0.3, 0.4) is 0 Å². The van der Waals surface area contributed by atoms with E-state index < -0.39 is 81.2 Å². The minimum atomic E-state index is -3.49. The first kappa shape index (κ1) is 48.8. The number of alkyl halides is 1. The van der Waals surface area contributed by atoms with Crippen molar-refractivity contribution in [2.75, 3.05) is 74.8 Å². The number of carbonyl (C=O) groups excluding carboxylic acids is 3. The first-order valence-corrected chi connectivity index (χ1v) is 24.1. The predicted molar refractivity (Wildman–Crippen MR) is 248 cm³/mol. The molecular weight excluding hydrogens is 908 g/mol. The first-order valence-electron chi connectivity index (χ1n) is 23.0. The van der Waals surface area contributed by atoms with E-state index in [-0.39, 0.29) is 43.9 Å². The van der Waals surface area contributed by atoms with E-state index in [1.807, 2.05) is 50.0 Å². The number of H-pyrrole nitrogens is 1. The molecule has 3 N–H and O–H groups in total. The zero-order chi connectivity index (χ0) is 48.8. The summed E-state index contributed by atoms with van der Waals surface area (Å²) in [5, 5.41) is 24.9. The minimum absolute atomic E-state index is 0.00666. The van der Waals surface area contributed by atoms with Gasteiger partial charge in [-0.15, -0.1) is 0 Å². The molecule has 8 rings (SSSR count). The van der Waals surface area contributed by atoms with Crippen molar-refractivity contribution in [3.05, 3.63) is 77.6 Å². The number of hydrazine groups is 2. The second-order valence-electron chi connectivity index (χ2n) is 19.3. The Labute approximate surface area is 394 Å². The Morgan fingerprint density at radius 1 is 0.912 bits per heavy atom. The van der Waals surface area contributed by atoms with Crippen molar-refractivity contribution < 1.29 is 51.0 Å². The predicted octanol–water partition coefficient (Wildman–Crippen LogP) is 4.09. The lowest BCUT2D eigenvalue weighted by Gasteiger charge is -2.48. The van der Waals surface area contributed by atoms with Gasteiger partial charge >= 0.3 is 5.97 Å². The number of piperidine rings is 1. The fourth-order valence-corrected chi connectivity index (χ4v) is 10.9. The number of nitrogens with zero attached hydrogens (tertiary/aromatic N) is 8. The fraction of sp³-hybridized carbons (Fsp3) is 0.511. The number of carbonyl (C=O) groups is 4. The topological polar surface area (TPSA) is 194 Å². The molecule has 68 heavy (non-hydrogen) atoms. The standard InChI is InChI=1S/C47H58F3N9O8S/c1-28(60)58(43(47(2,3)4)45(63)57-27-34(61)22-39(57)46(64)65)55-19-17-53(18-20-55)25-29-11-14-54(15-12-29)33-7-5-30(6-8-33)31-21-35-36(24-52-44(35)51-23-31)42(62)40-37(49)9-10-38(41(40)50)59(68(66)67)56-16-13-32(48)26-56/h5-10,21,23-24,29,32,34,39,43,61,68H,11-20,22,25-27H2,1-4H3,(H,51,52)(H,64,65)/t32-,34-,39+,43-/m1/s1. The molecule has 0 unspecified atom stereocenters. The van der Waals surface area contributed by atoms with Crippen LogP contribution in [0.2, 0.25) is 0 Å². The minimum Gasteiger partial charge on any atom is -0.480 e. The summed E-state index contributed by atoms with van der Waals surface area (Å²) in [6.45, 7) is 11.5. The number of β-amino-alcohol motifs (C(OH)–C–C–N with tert-alkyl or cyclic N) is 1. The molecule has 0 spiro atoms. The Kier molecular flexibility index (Phi) is 14.2. The summed E-state index contributed by atoms with van der Waals surface area (Å²) < 4.78 is 70.3. The number of rotatable bonds is 13. The molecule has 2 aromatic heterocycles. The van der Waals surface area contributed by atoms with E-state index in [4.69, 9.17) is 0 Å². The number of halogens is 3. The third kappa shape index (κ3) is 9.94. The summed E-state index contributed by atoms with van der Waals surface area (Å²) >= 11 is 0. The van der Waals surface area contributed by atoms with Gasteiger partial charge in [0.25, 0.3) is 0 Å². The average Bonchev–Trinajstić information content (AvgIpc) is 4.04. The van der Waals surface area contributed by atoms with Crippen LogP contribution in [0.4, 0.5) is 24.5 Å². The average molecular weight is 966 g/mol. The first-order chi connectivity index (χ1) is 32.3. The Bertz CT molecular complexity index is 2620. The highest BCUT2D eigenvalue weighted by molar-refractivity contribution is 7.73. The maximum Gasteiger partial charge on any atom is 0.326 e. The number of benzene rings is 2. The number of ketones is 1. The van der Waals surface area contributed by atoms with Gasteiger partial charge < -0.3 is 29.9 Å². The largest absolute Gasteiger partial charge is 0.480 e. The van der Waals surface area contributed by atoms with Crippen molar-refractivity contribution in [1.82, 2.24) is 34.8 Å². The van der Waals surface area contributed by atoms with E-state index in [2.05, 4.69) is 19.8 Å². The number of aliphatic carboxylic acids is 1. The SMILES string of the molecule is CC(=O)N([C@H](C(=O)N1C[C@H](O)C[C@H]1C(=O)O)C(C)(C)C)N1CCN(CC2CCN(c3ccc(-c4cnc5[nH]cc(C(=O)c6c(F)ccc(N(N7CC[C@@H](F)C7)[SH](=O)=O)c6F)c5c4)cc3)CC2)CC1. The smallest absolute Gasteiger partial charge is 0.326 e. The van der Waals surface area contributed by atoms with Gasteiger partial charge in [0.2, 0.25) is 28.5 Å². The van der Waals surface area contributed by atoms with Crippen LogP contribution in [-0.4, -0.2) is 167 Å². The lowest BCUT2D eigenvalue weighted by molar-refractivity contribution is -0.177. The van der Waals surface area contributed by atoms with E-state index in [0.717, 1.165) is 60.9 Å². The molecule has 0 bridgehead atoms. The summed E-state index contributed by atoms with van der Waals surface area (Å²) in [5.74, 6) is -5.11. The highest BCUT2D eigenvalue weighted by atomic mass is 32.2. The second kappa shape index (κ2) is 19.8. The maximum absolute atomic E-state index is 16.0. The second-order valence-corrected chi connectivity index (χ2v) is 20.2. The number of carboxylic acids is 1. The summed E-state index contributed by atoms with van der Waals surface area (Å²) in [5.41, 5.74) is 0.474. The van der Waals surface area contributed by atoms with Crippen LogP contribution >= 0.6 is 0 Å². The summed E-state index contributed by atoms with van der Waals surface area (Å²) in [7, 11) is -3.49. The number of pyridine rings is 1. The van der Waals surface area contributed by atoms with E-state index in [1.54, 1.807) is 12.3 Å². The molecule has 17 nitrogen and oxygen atoms in total.